The van der Waals surface area contributed by atoms with Gasteiger partial charge in [0.05, 0.1) is 6.54 Å². The number of amides is 2. The first-order valence-corrected chi connectivity index (χ1v) is 7.63. The van der Waals surface area contributed by atoms with Crippen molar-refractivity contribution in [2.75, 3.05) is 13.1 Å². The molecule has 0 fully saturated rings. The summed E-state index contributed by atoms with van der Waals surface area (Å²) in [6.45, 7) is 6.89. The molecule has 1 N–H and O–H groups in total. The Hall–Kier alpha value is -2.57. The molecule has 0 saturated carbocycles. The highest BCUT2D eigenvalue weighted by Crippen LogP contribution is 2.13. The SMILES string of the molecule is CCN(CC)C(=O)c1nc(CNC(=O)c2cccn2C)oc1C. The average molecular weight is 318 g/mol. The molecule has 0 aliphatic carbocycles. The minimum absolute atomic E-state index is 0.135. The number of nitrogens with zero attached hydrogens (tertiary/aromatic N) is 3. The first-order valence-electron chi connectivity index (χ1n) is 7.63. The molecule has 7 heteroatoms. The Morgan fingerprint density at radius 1 is 1.35 bits per heavy atom. The van der Waals surface area contributed by atoms with Gasteiger partial charge in [-0.1, -0.05) is 0 Å². The number of carbonyl (C=O) groups excluding carboxylic acids is 2. The number of nitrogens with one attached hydrogen (secondary N) is 1. The van der Waals surface area contributed by atoms with Crippen LogP contribution < -0.4 is 5.32 Å². The van der Waals surface area contributed by atoms with Gasteiger partial charge in [-0.2, -0.15) is 0 Å². The van der Waals surface area contributed by atoms with Gasteiger partial charge < -0.3 is 19.2 Å². The van der Waals surface area contributed by atoms with Crippen molar-refractivity contribution in [2.45, 2.75) is 27.3 Å². The smallest absolute Gasteiger partial charge is 0.276 e. The van der Waals surface area contributed by atoms with E-state index in [1.165, 1.54) is 0 Å². The van der Waals surface area contributed by atoms with E-state index in [4.69, 9.17) is 4.42 Å². The molecule has 2 rings (SSSR count). The van der Waals surface area contributed by atoms with E-state index < -0.39 is 0 Å². The summed E-state index contributed by atoms with van der Waals surface area (Å²) in [6, 6.07) is 3.52. The molecule has 0 aliphatic rings. The molecule has 0 unspecified atom stereocenters. The number of hydrogen-bond donors (Lipinski definition) is 1. The summed E-state index contributed by atoms with van der Waals surface area (Å²) in [5.41, 5.74) is 0.851. The molecule has 2 amide bonds. The van der Waals surface area contributed by atoms with E-state index in [0.717, 1.165) is 0 Å². The standard InChI is InChI=1S/C16H22N4O3/c1-5-20(6-2)16(22)14-11(3)23-13(18-14)10-17-15(21)12-8-7-9-19(12)4/h7-9H,5-6,10H2,1-4H3,(H,17,21). The largest absolute Gasteiger partial charge is 0.443 e. The predicted octanol–water partition coefficient (Wildman–Crippen LogP) is 1.73. The van der Waals surface area contributed by atoms with Crippen LogP contribution in [0.3, 0.4) is 0 Å². The van der Waals surface area contributed by atoms with Gasteiger partial charge >= 0.3 is 0 Å². The summed E-state index contributed by atoms with van der Waals surface area (Å²) >= 11 is 0. The van der Waals surface area contributed by atoms with Gasteiger partial charge in [-0.05, 0) is 32.9 Å². The molecular formula is C16H22N4O3. The summed E-state index contributed by atoms with van der Waals surface area (Å²) in [7, 11) is 1.80. The lowest BCUT2D eigenvalue weighted by molar-refractivity contribution is 0.0766. The lowest BCUT2D eigenvalue weighted by atomic mass is 10.3. The Kier molecular flexibility index (Phi) is 5.20. The zero-order chi connectivity index (χ0) is 17.0. The van der Waals surface area contributed by atoms with Crippen LogP contribution in [-0.2, 0) is 13.6 Å². The van der Waals surface area contributed by atoms with Crippen molar-refractivity contribution in [1.82, 2.24) is 19.8 Å². The maximum atomic E-state index is 12.3. The van der Waals surface area contributed by atoms with Crippen molar-refractivity contribution in [2.24, 2.45) is 7.05 Å². The van der Waals surface area contributed by atoms with E-state index in [1.807, 2.05) is 13.8 Å². The number of rotatable bonds is 6. The van der Waals surface area contributed by atoms with Crippen LogP contribution in [0.15, 0.2) is 22.7 Å². The Balaban J connectivity index is 2.05. The predicted molar refractivity (Wildman–Crippen MR) is 85.1 cm³/mol. The third kappa shape index (κ3) is 3.61. The fourth-order valence-electron chi connectivity index (χ4n) is 2.33. The molecule has 0 aliphatic heterocycles. The molecule has 23 heavy (non-hydrogen) atoms. The van der Waals surface area contributed by atoms with Crippen LogP contribution in [0.5, 0.6) is 0 Å². The fraction of sp³-hybridized carbons (Fsp3) is 0.438. The normalized spacial score (nSPS) is 10.6. The molecule has 124 valence electrons. The van der Waals surface area contributed by atoms with Gasteiger partial charge in [-0.25, -0.2) is 4.98 Å². The molecule has 0 spiro atoms. The molecule has 0 bridgehead atoms. The van der Waals surface area contributed by atoms with Gasteiger partial charge in [0.2, 0.25) is 5.89 Å². The molecule has 0 atom stereocenters. The number of carbonyl (C=O) groups is 2. The second-order valence-electron chi connectivity index (χ2n) is 5.18. The third-order valence-corrected chi connectivity index (χ3v) is 3.67. The highest BCUT2D eigenvalue weighted by Gasteiger charge is 2.21. The maximum Gasteiger partial charge on any atom is 0.276 e. The van der Waals surface area contributed by atoms with Gasteiger partial charge in [0.15, 0.2) is 5.69 Å². The number of oxazole rings is 1. The number of hydrogen-bond acceptors (Lipinski definition) is 4. The van der Waals surface area contributed by atoms with E-state index in [9.17, 15) is 9.59 Å². The number of aromatic nitrogens is 2. The Morgan fingerprint density at radius 3 is 2.61 bits per heavy atom. The molecular weight excluding hydrogens is 296 g/mol. The number of aryl methyl sites for hydroxylation is 2. The molecule has 2 heterocycles. The summed E-state index contributed by atoms with van der Waals surface area (Å²) in [6.07, 6.45) is 1.80. The highest BCUT2D eigenvalue weighted by atomic mass is 16.4. The van der Waals surface area contributed by atoms with Crippen LogP contribution in [0.2, 0.25) is 0 Å². The van der Waals surface area contributed by atoms with Crippen molar-refractivity contribution in [3.05, 3.63) is 41.4 Å². The topological polar surface area (TPSA) is 80.4 Å². The molecule has 0 aromatic carbocycles. The van der Waals surface area contributed by atoms with Crippen LogP contribution in [0.25, 0.3) is 0 Å². The fourth-order valence-corrected chi connectivity index (χ4v) is 2.33. The van der Waals surface area contributed by atoms with E-state index >= 15 is 0 Å². The van der Waals surface area contributed by atoms with Crippen LogP contribution >= 0.6 is 0 Å². The molecule has 0 saturated heterocycles. The third-order valence-electron chi connectivity index (χ3n) is 3.67. The molecule has 2 aromatic rings. The van der Waals surface area contributed by atoms with Gasteiger partial charge in [0.1, 0.15) is 11.5 Å². The second-order valence-corrected chi connectivity index (χ2v) is 5.18. The zero-order valence-corrected chi connectivity index (χ0v) is 13.9. The first kappa shape index (κ1) is 16.8. The van der Waals surface area contributed by atoms with Crippen molar-refractivity contribution in [1.29, 1.82) is 0 Å². The van der Waals surface area contributed by atoms with Gasteiger partial charge in [0, 0.05) is 26.3 Å². The van der Waals surface area contributed by atoms with Gasteiger partial charge in [-0.3, -0.25) is 9.59 Å². The second kappa shape index (κ2) is 7.13. The lowest BCUT2D eigenvalue weighted by Gasteiger charge is -2.16. The first-order chi connectivity index (χ1) is 11.0. The van der Waals surface area contributed by atoms with E-state index in [1.54, 1.807) is 41.8 Å². The Morgan fingerprint density at radius 2 is 2.04 bits per heavy atom. The van der Waals surface area contributed by atoms with Crippen LogP contribution in [0.1, 0.15) is 46.5 Å². The summed E-state index contributed by atoms with van der Waals surface area (Å²) in [5, 5.41) is 2.74. The highest BCUT2D eigenvalue weighted by molar-refractivity contribution is 5.93. The quantitative estimate of drug-likeness (QED) is 0.879. The summed E-state index contributed by atoms with van der Waals surface area (Å²) in [5.74, 6) is 0.409. The lowest BCUT2D eigenvalue weighted by Crippen LogP contribution is -2.31. The van der Waals surface area contributed by atoms with Crippen molar-refractivity contribution < 1.29 is 14.0 Å². The molecule has 2 aromatic heterocycles. The minimum atomic E-state index is -0.218. The maximum absolute atomic E-state index is 12.3. The summed E-state index contributed by atoms with van der Waals surface area (Å²) < 4.78 is 7.22. The van der Waals surface area contributed by atoms with E-state index in [0.29, 0.717) is 36.1 Å². The van der Waals surface area contributed by atoms with Crippen molar-refractivity contribution in [3.63, 3.8) is 0 Å². The molecule has 0 radical (unpaired) electrons. The molecule has 7 nitrogen and oxygen atoms in total. The average Bonchev–Trinajstić information content (AvgIpc) is 3.11. The van der Waals surface area contributed by atoms with Crippen LogP contribution in [-0.4, -0.2) is 39.4 Å². The van der Waals surface area contributed by atoms with E-state index in [2.05, 4.69) is 10.3 Å². The monoisotopic (exact) mass is 318 g/mol. The Bertz CT molecular complexity index is 698. The zero-order valence-electron chi connectivity index (χ0n) is 13.9. The van der Waals surface area contributed by atoms with Gasteiger partial charge in [-0.15, -0.1) is 0 Å². The van der Waals surface area contributed by atoms with Gasteiger partial charge in [0.25, 0.3) is 11.8 Å². The summed E-state index contributed by atoms with van der Waals surface area (Å²) in [4.78, 5) is 30.3. The van der Waals surface area contributed by atoms with Crippen LogP contribution in [0, 0.1) is 6.92 Å². The van der Waals surface area contributed by atoms with Crippen LogP contribution in [0.4, 0.5) is 0 Å². The minimum Gasteiger partial charge on any atom is -0.443 e. The Labute approximate surface area is 135 Å². The van der Waals surface area contributed by atoms with Crippen molar-refractivity contribution in [3.8, 4) is 0 Å². The van der Waals surface area contributed by atoms with Crippen molar-refractivity contribution >= 4 is 11.8 Å². The van der Waals surface area contributed by atoms with E-state index in [-0.39, 0.29) is 18.4 Å².